The molecule has 0 saturated heterocycles. The Hall–Kier alpha value is -1.53. The molecule has 0 aliphatic carbocycles. The number of hydrogen-bond acceptors (Lipinski definition) is 3. The second-order valence-electron chi connectivity index (χ2n) is 4.10. The molecule has 2 aromatic rings. The molecule has 1 atom stereocenters. The van der Waals surface area contributed by atoms with Gasteiger partial charge >= 0.3 is 6.61 Å². The first-order chi connectivity index (χ1) is 9.56. The molecule has 6 heteroatoms. The molecular weight excluding hydrogens is 332 g/mol. The third kappa shape index (κ3) is 3.98. The van der Waals surface area contributed by atoms with E-state index >= 15 is 0 Å². The molecule has 1 unspecified atom stereocenters. The first kappa shape index (κ1) is 14.9. The zero-order valence-corrected chi connectivity index (χ0v) is 11.9. The number of benzene rings is 1. The van der Waals surface area contributed by atoms with Crippen molar-refractivity contribution >= 4 is 15.9 Å². The first-order valence-corrected chi connectivity index (χ1v) is 6.68. The summed E-state index contributed by atoms with van der Waals surface area (Å²) in [5, 5.41) is 10.2. The molecule has 1 N–H and O–H groups in total. The topological polar surface area (TPSA) is 42.4 Å². The van der Waals surface area contributed by atoms with Crippen LogP contribution in [-0.2, 0) is 6.42 Å². The second-order valence-corrected chi connectivity index (χ2v) is 5.02. The third-order valence-corrected chi connectivity index (χ3v) is 3.15. The van der Waals surface area contributed by atoms with Crippen LogP contribution in [-0.4, -0.2) is 16.7 Å². The molecule has 0 aliphatic heterocycles. The molecule has 0 aliphatic rings. The highest BCUT2D eigenvalue weighted by molar-refractivity contribution is 9.10. The molecule has 0 amide bonds. The first-order valence-electron chi connectivity index (χ1n) is 5.88. The molecule has 0 saturated carbocycles. The number of rotatable bonds is 5. The molecule has 1 aromatic heterocycles. The average Bonchev–Trinajstić information content (AvgIpc) is 2.41. The molecule has 0 spiro atoms. The molecule has 0 bridgehead atoms. The fourth-order valence-electron chi connectivity index (χ4n) is 1.79. The SMILES string of the molecule is OC(Cc1ccc(Br)cn1)c1ccccc1OC(F)F. The molecular formula is C14H12BrF2NO2. The van der Waals surface area contributed by atoms with E-state index < -0.39 is 12.7 Å². The number of aliphatic hydroxyl groups is 1. The normalized spacial score (nSPS) is 12.4. The van der Waals surface area contributed by atoms with Crippen LogP contribution in [0.1, 0.15) is 17.4 Å². The Balaban J connectivity index is 2.16. The van der Waals surface area contributed by atoms with Crippen molar-refractivity contribution in [2.45, 2.75) is 19.1 Å². The van der Waals surface area contributed by atoms with Crippen LogP contribution >= 0.6 is 15.9 Å². The summed E-state index contributed by atoms with van der Waals surface area (Å²) in [6, 6.07) is 9.75. The predicted molar refractivity (Wildman–Crippen MR) is 73.7 cm³/mol. The maximum atomic E-state index is 12.3. The third-order valence-electron chi connectivity index (χ3n) is 2.69. The minimum absolute atomic E-state index is 0.0212. The monoisotopic (exact) mass is 343 g/mol. The highest BCUT2D eigenvalue weighted by Gasteiger charge is 2.16. The van der Waals surface area contributed by atoms with Gasteiger partial charge in [0, 0.05) is 28.3 Å². The van der Waals surface area contributed by atoms with Gasteiger partial charge in [0.15, 0.2) is 0 Å². The number of hydrogen-bond donors (Lipinski definition) is 1. The van der Waals surface area contributed by atoms with E-state index in [1.165, 1.54) is 6.07 Å². The van der Waals surface area contributed by atoms with E-state index in [1.807, 2.05) is 0 Å². The van der Waals surface area contributed by atoms with Crippen LogP contribution in [0, 0.1) is 0 Å². The summed E-state index contributed by atoms with van der Waals surface area (Å²) < 4.78 is 29.9. The lowest BCUT2D eigenvalue weighted by atomic mass is 10.0. The Morgan fingerprint density at radius 1 is 1.20 bits per heavy atom. The molecule has 3 nitrogen and oxygen atoms in total. The van der Waals surface area contributed by atoms with Gasteiger partial charge in [-0.15, -0.1) is 0 Å². The van der Waals surface area contributed by atoms with Crippen molar-refractivity contribution in [1.82, 2.24) is 4.98 Å². The smallest absolute Gasteiger partial charge is 0.387 e. The lowest BCUT2D eigenvalue weighted by molar-refractivity contribution is -0.0515. The maximum absolute atomic E-state index is 12.3. The fourth-order valence-corrected chi connectivity index (χ4v) is 2.03. The lowest BCUT2D eigenvalue weighted by Crippen LogP contribution is -2.09. The summed E-state index contributed by atoms with van der Waals surface area (Å²) >= 11 is 3.27. The van der Waals surface area contributed by atoms with Crippen molar-refractivity contribution in [3.8, 4) is 5.75 Å². The van der Waals surface area contributed by atoms with Crippen LogP contribution in [0.25, 0.3) is 0 Å². The predicted octanol–water partition coefficient (Wildman–Crippen LogP) is 3.72. The zero-order chi connectivity index (χ0) is 14.5. The quantitative estimate of drug-likeness (QED) is 0.899. The van der Waals surface area contributed by atoms with Gasteiger partial charge in [-0.05, 0) is 34.1 Å². The number of aromatic nitrogens is 1. The van der Waals surface area contributed by atoms with Crippen LogP contribution < -0.4 is 4.74 Å². The summed E-state index contributed by atoms with van der Waals surface area (Å²) in [5.74, 6) is -0.0212. The Morgan fingerprint density at radius 3 is 2.60 bits per heavy atom. The van der Waals surface area contributed by atoms with Gasteiger partial charge < -0.3 is 9.84 Å². The zero-order valence-electron chi connectivity index (χ0n) is 10.3. The van der Waals surface area contributed by atoms with Crippen molar-refractivity contribution < 1.29 is 18.6 Å². The number of nitrogens with zero attached hydrogens (tertiary/aromatic N) is 1. The van der Waals surface area contributed by atoms with E-state index in [4.69, 9.17) is 0 Å². The van der Waals surface area contributed by atoms with Crippen LogP contribution in [0.4, 0.5) is 8.78 Å². The number of halogens is 3. The molecule has 0 fully saturated rings. The summed E-state index contributed by atoms with van der Waals surface area (Å²) in [6.07, 6.45) is 0.874. The van der Waals surface area contributed by atoms with Crippen molar-refractivity contribution in [3.05, 3.63) is 58.3 Å². The van der Waals surface area contributed by atoms with Crippen LogP contribution in [0.3, 0.4) is 0 Å². The summed E-state index contributed by atoms with van der Waals surface area (Å²) in [7, 11) is 0. The van der Waals surface area contributed by atoms with Gasteiger partial charge in [-0.3, -0.25) is 4.98 Å². The van der Waals surface area contributed by atoms with Gasteiger partial charge in [0.2, 0.25) is 0 Å². The number of para-hydroxylation sites is 1. The van der Waals surface area contributed by atoms with E-state index in [0.29, 0.717) is 11.3 Å². The molecule has 2 rings (SSSR count). The minimum atomic E-state index is -2.92. The van der Waals surface area contributed by atoms with Crippen LogP contribution in [0.15, 0.2) is 47.1 Å². The van der Waals surface area contributed by atoms with Gasteiger partial charge in [0.05, 0.1) is 6.10 Å². The van der Waals surface area contributed by atoms with Gasteiger partial charge in [0.1, 0.15) is 5.75 Å². The van der Waals surface area contributed by atoms with E-state index in [0.717, 1.165) is 4.47 Å². The minimum Gasteiger partial charge on any atom is -0.434 e. The average molecular weight is 344 g/mol. The Labute approximate surface area is 123 Å². The Kier molecular flexibility index (Phi) is 5.03. The van der Waals surface area contributed by atoms with E-state index in [2.05, 4.69) is 25.7 Å². The van der Waals surface area contributed by atoms with E-state index in [9.17, 15) is 13.9 Å². The Bertz CT molecular complexity index is 563. The molecule has 0 radical (unpaired) electrons. The largest absolute Gasteiger partial charge is 0.434 e. The lowest BCUT2D eigenvalue weighted by Gasteiger charge is -2.15. The standard InChI is InChI=1S/C14H12BrF2NO2/c15-9-5-6-10(18-8-9)7-12(19)11-3-1-2-4-13(11)20-14(16)17/h1-6,8,12,14,19H,7H2. The highest BCUT2D eigenvalue weighted by Crippen LogP contribution is 2.28. The van der Waals surface area contributed by atoms with Gasteiger partial charge in [-0.1, -0.05) is 18.2 Å². The van der Waals surface area contributed by atoms with Crippen molar-refractivity contribution in [2.24, 2.45) is 0 Å². The second kappa shape index (κ2) is 6.76. The molecule has 1 heterocycles. The van der Waals surface area contributed by atoms with Crippen molar-refractivity contribution in [1.29, 1.82) is 0 Å². The Morgan fingerprint density at radius 2 is 1.95 bits per heavy atom. The van der Waals surface area contributed by atoms with Crippen LogP contribution in [0.2, 0.25) is 0 Å². The maximum Gasteiger partial charge on any atom is 0.387 e. The van der Waals surface area contributed by atoms with Gasteiger partial charge in [0.25, 0.3) is 0 Å². The van der Waals surface area contributed by atoms with Gasteiger partial charge in [-0.2, -0.15) is 8.78 Å². The molecule has 20 heavy (non-hydrogen) atoms. The number of pyridine rings is 1. The van der Waals surface area contributed by atoms with Crippen molar-refractivity contribution in [2.75, 3.05) is 0 Å². The van der Waals surface area contributed by atoms with Crippen molar-refractivity contribution in [3.63, 3.8) is 0 Å². The summed E-state index contributed by atoms with van der Waals surface area (Å²) in [5.41, 5.74) is 0.977. The van der Waals surface area contributed by atoms with Crippen LogP contribution in [0.5, 0.6) is 5.75 Å². The fraction of sp³-hybridized carbons (Fsp3) is 0.214. The van der Waals surface area contributed by atoms with E-state index in [1.54, 1.807) is 36.5 Å². The molecule has 1 aromatic carbocycles. The highest BCUT2D eigenvalue weighted by atomic mass is 79.9. The van der Waals surface area contributed by atoms with Gasteiger partial charge in [-0.25, -0.2) is 0 Å². The number of alkyl halides is 2. The number of ether oxygens (including phenoxy) is 1. The molecule has 106 valence electrons. The summed E-state index contributed by atoms with van der Waals surface area (Å²) in [4.78, 5) is 4.14. The summed E-state index contributed by atoms with van der Waals surface area (Å²) in [6.45, 7) is -2.92. The number of aliphatic hydroxyl groups excluding tert-OH is 1. The van der Waals surface area contributed by atoms with E-state index in [-0.39, 0.29) is 12.2 Å².